The Hall–Kier alpha value is -3.13. The predicted octanol–water partition coefficient (Wildman–Crippen LogP) is 3.10. The van der Waals surface area contributed by atoms with Gasteiger partial charge in [-0.3, -0.25) is 10.2 Å². The van der Waals surface area contributed by atoms with E-state index in [0.717, 1.165) is 17.7 Å². The second-order valence-electron chi connectivity index (χ2n) is 5.57. The number of ether oxygens (including phenoxy) is 1. The lowest BCUT2D eigenvalue weighted by Gasteiger charge is -2.08. The zero-order valence-corrected chi connectivity index (χ0v) is 14.2. The number of ketones is 1. The molecule has 0 aromatic heterocycles. The van der Waals surface area contributed by atoms with Crippen LogP contribution in [0.25, 0.3) is 0 Å². The monoisotopic (exact) mass is 335 g/mol. The van der Waals surface area contributed by atoms with Crippen LogP contribution in [-0.2, 0) is 11.2 Å². The molecule has 128 valence electrons. The van der Waals surface area contributed by atoms with Gasteiger partial charge >= 0.3 is 0 Å². The number of carbonyl (C=O) groups is 1. The van der Waals surface area contributed by atoms with Crippen molar-refractivity contribution in [1.29, 1.82) is 5.26 Å². The highest BCUT2D eigenvalue weighted by Crippen LogP contribution is 2.12. The summed E-state index contributed by atoms with van der Waals surface area (Å²) in [6.07, 6.45) is 2.57. The Labute approximate surface area is 147 Å². The standard InChI is InChI=1S/C20H21N3O2/c1-16(24)20(11-13-21)23-22-15-18-7-9-19(10-8-18)25-14-12-17-5-3-2-4-6-17/h2-10,15,20,23H,11-12,14H2,1H3. The number of hydrogen-bond donors (Lipinski definition) is 1. The van der Waals surface area contributed by atoms with Crippen molar-refractivity contribution in [3.8, 4) is 11.8 Å². The summed E-state index contributed by atoms with van der Waals surface area (Å²) < 4.78 is 5.73. The first-order chi connectivity index (χ1) is 12.2. The molecule has 0 saturated heterocycles. The summed E-state index contributed by atoms with van der Waals surface area (Å²) in [6, 6.07) is 19.1. The van der Waals surface area contributed by atoms with E-state index in [1.54, 1.807) is 6.21 Å². The first-order valence-electron chi connectivity index (χ1n) is 8.12. The van der Waals surface area contributed by atoms with Crippen LogP contribution in [0.3, 0.4) is 0 Å². The number of nitriles is 1. The molecule has 0 fully saturated rings. The van der Waals surface area contributed by atoms with Gasteiger partial charge < -0.3 is 4.74 Å². The van der Waals surface area contributed by atoms with E-state index < -0.39 is 6.04 Å². The number of carbonyl (C=O) groups excluding carboxylic acids is 1. The summed E-state index contributed by atoms with van der Waals surface area (Å²) in [5, 5.41) is 12.7. The molecule has 5 heteroatoms. The molecule has 0 spiro atoms. The average Bonchev–Trinajstić information content (AvgIpc) is 2.63. The number of hydrazone groups is 1. The molecule has 5 nitrogen and oxygen atoms in total. The predicted molar refractivity (Wildman–Crippen MR) is 97.5 cm³/mol. The van der Waals surface area contributed by atoms with E-state index in [2.05, 4.69) is 22.7 Å². The number of hydrogen-bond acceptors (Lipinski definition) is 5. The van der Waals surface area contributed by atoms with Crippen molar-refractivity contribution in [3.05, 3.63) is 65.7 Å². The Balaban J connectivity index is 1.80. The van der Waals surface area contributed by atoms with Crippen LogP contribution in [0, 0.1) is 11.3 Å². The van der Waals surface area contributed by atoms with Crippen LogP contribution >= 0.6 is 0 Å². The lowest BCUT2D eigenvalue weighted by atomic mass is 10.1. The molecular formula is C20H21N3O2. The van der Waals surface area contributed by atoms with Crippen molar-refractivity contribution in [1.82, 2.24) is 5.43 Å². The van der Waals surface area contributed by atoms with E-state index in [9.17, 15) is 4.79 Å². The quantitative estimate of drug-likeness (QED) is 0.564. The van der Waals surface area contributed by atoms with Crippen molar-refractivity contribution in [3.63, 3.8) is 0 Å². The lowest BCUT2D eigenvalue weighted by molar-refractivity contribution is -0.118. The topological polar surface area (TPSA) is 74.5 Å². The second-order valence-corrected chi connectivity index (χ2v) is 5.57. The van der Waals surface area contributed by atoms with Crippen molar-refractivity contribution in [2.45, 2.75) is 25.8 Å². The number of benzene rings is 2. The van der Waals surface area contributed by atoms with Gasteiger partial charge in [0.25, 0.3) is 0 Å². The van der Waals surface area contributed by atoms with Gasteiger partial charge in [0.2, 0.25) is 0 Å². The molecule has 2 aromatic rings. The third-order valence-corrected chi connectivity index (χ3v) is 3.61. The molecule has 0 saturated carbocycles. The van der Waals surface area contributed by atoms with E-state index >= 15 is 0 Å². The Bertz CT molecular complexity index is 734. The van der Waals surface area contributed by atoms with Crippen molar-refractivity contribution >= 4 is 12.0 Å². The highest BCUT2D eigenvalue weighted by molar-refractivity contribution is 5.82. The summed E-state index contributed by atoms with van der Waals surface area (Å²) in [4.78, 5) is 11.3. The second kappa shape index (κ2) is 9.89. The van der Waals surface area contributed by atoms with Gasteiger partial charge in [-0.25, -0.2) is 0 Å². The van der Waals surface area contributed by atoms with Gasteiger partial charge in [0, 0.05) is 6.42 Å². The van der Waals surface area contributed by atoms with Crippen LogP contribution in [-0.4, -0.2) is 24.6 Å². The molecule has 25 heavy (non-hydrogen) atoms. The van der Waals surface area contributed by atoms with Gasteiger partial charge in [0.05, 0.1) is 25.3 Å². The Morgan fingerprint density at radius 2 is 1.96 bits per heavy atom. The fourth-order valence-corrected chi connectivity index (χ4v) is 2.15. The molecule has 0 aliphatic heterocycles. The summed E-state index contributed by atoms with van der Waals surface area (Å²) in [7, 11) is 0. The van der Waals surface area contributed by atoms with Gasteiger partial charge in [-0.2, -0.15) is 10.4 Å². The van der Waals surface area contributed by atoms with Crippen molar-refractivity contribution in [2.24, 2.45) is 5.10 Å². The largest absolute Gasteiger partial charge is 0.493 e. The zero-order chi connectivity index (χ0) is 17.9. The molecule has 2 aromatic carbocycles. The van der Waals surface area contributed by atoms with Gasteiger partial charge in [0.1, 0.15) is 11.8 Å². The first-order valence-corrected chi connectivity index (χ1v) is 8.12. The maximum atomic E-state index is 11.3. The highest BCUT2D eigenvalue weighted by atomic mass is 16.5. The highest BCUT2D eigenvalue weighted by Gasteiger charge is 2.11. The van der Waals surface area contributed by atoms with Gasteiger partial charge in [-0.1, -0.05) is 30.3 Å². The van der Waals surface area contributed by atoms with Crippen molar-refractivity contribution < 1.29 is 9.53 Å². The molecule has 0 bridgehead atoms. The number of nitrogens with one attached hydrogen (secondary N) is 1. The van der Waals surface area contributed by atoms with Crippen molar-refractivity contribution in [2.75, 3.05) is 6.61 Å². The van der Waals surface area contributed by atoms with Gasteiger partial charge in [-0.05, 0) is 42.3 Å². The minimum Gasteiger partial charge on any atom is -0.493 e. The summed E-state index contributed by atoms with van der Waals surface area (Å²) in [6.45, 7) is 2.06. The lowest BCUT2D eigenvalue weighted by Crippen LogP contribution is -2.31. The fraction of sp³-hybridized carbons (Fsp3) is 0.250. The van der Waals surface area contributed by atoms with Crippen LogP contribution in [0.1, 0.15) is 24.5 Å². The van der Waals surface area contributed by atoms with E-state index in [1.807, 2.05) is 48.5 Å². The first kappa shape index (κ1) is 18.2. The molecule has 0 amide bonds. The molecule has 0 heterocycles. The summed E-state index contributed by atoms with van der Waals surface area (Å²) in [5.74, 6) is 0.688. The Kier molecular flexibility index (Phi) is 7.20. The molecule has 1 N–H and O–H groups in total. The molecule has 2 rings (SSSR count). The Morgan fingerprint density at radius 3 is 2.60 bits per heavy atom. The number of Topliss-reactive ketones (excluding diaryl/α,β-unsaturated/α-hetero) is 1. The third-order valence-electron chi connectivity index (χ3n) is 3.61. The van der Waals surface area contributed by atoms with Crippen LogP contribution in [0.2, 0.25) is 0 Å². The molecule has 0 radical (unpaired) electrons. The SMILES string of the molecule is CC(=O)C(CC#N)NN=Cc1ccc(OCCc2ccccc2)cc1. The van der Waals surface area contributed by atoms with Crippen LogP contribution < -0.4 is 10.2 Å². The van der Waals surface area contributed by atoms with Crippen LogP contribution in [0.15, 0.2) is 59.7 Å². The van der Waals surface area contributed by atoms with E-state index in [1.165, 1.54) is 12.5 Å². The summed E-state index contributed by atoms with van der Waals surface area (Å²) in [5.41, 5.74) is 4.82. The zero-order valence-electron chi connectivity index (χ0n) is 14.2. The number of nitrogens with zero attached hydrogens (tertiary/aromatic N) is 2. The average molecular weight is 335 g/mol. The number of rotatable bonds is 9. The molecular weight excluding hydrogens is 314 g/mol. The third kappa shape index (κ3) is 6.48. The summed E-state index contributed by atoms with van der Waals surface area (Å²) >= 11 is 0. The fourth-order valence-electron chi connectivity index (χ4n) is 2.15. The van der Waals surface area contributed by atoms with Crippen LogP contribution in [0.5, 0.6) is 5.75 Å². The normalized spacial score (nSPS) is 11.7. The Morgan fingerprint density at radius 1 is 1.24 bits per heavy atom. The van der Waals surface area contributed by atoms with E-state index in [4.69, 9.17) is 10.00 Å². The minimum absolute atomic E-state index is 0.0981. The van der Waals surface area contributed by atoms with Crippen LogP contribution in [0.4, 0.5) is 0 Å². The molecule has 1 atom stereocenters. The molecule has 0 aliphatic rings. The van der Waals surface area contributed by atoms with Gasteiger partial charge in [-0.15, -0.1) is 0 Å². The maximum absolute atomic E-state index is 11.3. The van der Waals surface area contributed by atoms with E-state index in [0.29, 0.717) is 6.61 Å². The molecule has 0 aliphatic carbocycles. The smallest absolute Gasteiger partial charge is 0.154 e. The molecule has 1 unspecified atom stereocenters. The maximum Gasteiger partial charge on any atom is 0.154 e. The van der Waals surface area contributed by atoms with E-state index in [-0.39, 0.29) is 12.2 Å². The van der Waals surface area contributed by atoms with Gasteiger partial charge in [0.15, 0.2) is 5.78 Å². The minimum atomic E-state index is -0.568.